The highest BCUT2D eigenvalue weighted by Gasteiger charge is 2.17. The van der Waals surface area contributed by atoms with E-state index in [1.807, 2.05) is 67.6 Å². The molecule has 0 fully saturated rings. The SMILES string of the molecule is Cc1cnnn1CC(=O)N(Cc1ccccc1)c1ccccc1. The molecule has 23 heavy (non-hydrogen) atoms. The van der Waals surface area contributed by atoms with Crippen molar-refractivity contribution in [3.8, 4) is 0 Å². The predicted molar refractivity (Wildman–Crippen MR) is 88.8 cm³/mol. The molecule has 0 aliphatic carbocycles. The van der Waals surface area contributed by atoms with Gasteiger partial charge in [0.15, 0.2) is 0 Å². The number of benzene rings is 2. The molecule has 0 N–H and O–H groups in total. The number of aryl methyl sites for hydroxylation is 1. The van der Waals surface area contributed by atoms with Crippen LogP contribution in [0.25, 0.3) is 0 Å². The molecule has 2 aromatic carbocycles. The van der Waals surface area contributed by atoms with Crippen LogP contribution in [0.3, 0.4) is 0 Å². The van der Waals surface area contributed by atoms with Gasteiger partial charge in [-0.15, -0.1) is 5.10 Å². The van der Waals surface area contributed by atoms with E-state index in [2.05, 4.69) is 10.3 Å². The fraction of sp³-hybridized carbons (Fsp3) is 0.167. The van der Waals surface area contributed by atoms with Gasteiger partial charge in [0.2, 0.25) is 5.91 Å². The largest absolute Gasteiger partial charge is 0.306 e. The molecule has 1 heterocycles. The van der Waals surface area contributed by atoms with Crippen molar-refractivity contribution in [3.05, 3.63) is 78.1 Å². The van der Waals surface area contributed by atoms with E-state index in [-0.39, 0.29) is 12.5 Å². The van der Waals surface area contributed by atoms with Crippen LogP contribution < -0.4 is 4.90 Å². The van der Waals surface area contributed by atoms with Gasteiger partial charge in [0.25, 0.3) is 0 Å². The highest BCUT2D eigenvalue weighted by atomic mass is 16.2. The van der Waals surface area contributed by atoms with Gasteiger partial charge >= 0.3 is 0 Å². The predicted octanol–water partition coefficient (Wildman–Crippen LogP) is 2.82. The van der Waals surface area contributed by atoms with Crippen LogP contribution in [0.2, 0.25) is 0 Å². The Hall–Kier alpha value is -2.95. The highest BCUT2D eigenvalue weighted by molar-refractivity contribution is 5.93. The number of hydrogen-bond donors (Lipinski definition) is 0. The van der Waals surface area contributed by atoms with Crippen LogP contribution in [0.1, 0.15) is 11.3 Å². The second-order valence-corrected chi connectivity index (χ2v) is 5.33. The van der Waals surface area contributed by atoms with E-state index in [1.54, 1.807) is 15.8 Å². The van der Waals surface area contributed by atoms with E-state index in [0.29, 0.717) is 6.54 Å². The summed E-state index contributed by atoms with van der Waals surface area (Å²) in [5.41, 5.74) is 2.82. The topological polar surface area (TPSA) is 51.0 Å². The first-order valence-electron chi connectivity index (χ1n) is 7.48. The van der Waals surface area contributed by atoms with E-state index in [4.69, 9.17) is 0 Å². The van der Waals surface area contributed by atoms with Crippen molar-refractivity contribution in [2.75, 3.05) is 4.90 Å². The molecule has 1 aromatic heterocycles. The molecule has 0 radical (unpaired) electrons. The molecule has 0 saturated heterocycles. The lowest BCUT2D eigenvalue weighted by atomic mass is 10.2. The van der Waals surface area contributed by atoms with Crippen LogP contribution in [0.15, 0.2) is 66.9 Å². The molecular formula is C18H18N4O. The molecule has 3 rings (SSSR count). The Bertz CT molecular complexity index is 768. The molecular weight excluding hydrogens is 288 g/mol. The van der Waals surface area contributed by atoms with Crippen LogP contribution in [0.5, 0.6) is 0 Å². The third-order valence-electron chi connectivity index (χ3n) is 3.65. The maximum absolute atomic E-state index is 12.8. The highest BCUT2D eigenvalue weighted by Crippen LogP contribution is 2.17. The van der Waals surface area contributed by atoms with E-state index in [9.17, 15) is 4.79 Å². The van der Waals surface area contributed by atoms with Crippen LogP contribution >= 0.6 is 0 Å². The van der Waals surface area contributed by atoms with Crippen molar-refractivity contribution < 1.29 is 4.79 Å². The Morgan fingerprint density at radius 1 is 1.04 bits per heavy atom. The quantitative estimate of drug-likeness (QED) is 0.728. The summed E-state index contributed by atoms with van der Waals surface area (Å²) >= 11 is 0. The molecule has 0 unspecified atom stereocenters. The fourth-order valence-electron chi connectivity index (χ4n) is 2.38. The lowest BCUT2D eigenvalue weighted by molar-refractivity contribution is -0.119. The first-order valence-corrected chi connectivity index (χ1v) is 7.48. The second kappa shape index (κ2) is 6.87. The number of carbonyl (C=O) groups is 1. The fourth-order valence-corrected chi connectivity index (χ4v) is 2.38. The summed E-state index contributed by atoms with van der Waals surface area (Å²) in [6, 6.07) is 19.6. The van der Waals surface area contributed by atoms with Crippen molar-refractivity contribution in [3.63, 3.8) is 0 Å². The zero-order chi connectivity index (χ0) is 16.1. The number of para-hydroxylation sites is 1. The third-order valence-corrected chi connectivity index (χ3v) is 3.65. The van der Waals surface area contributed by atoms with Gasteiger partial charge in [-0.05, 0) is 24.6 Å². The van der Waals surface area contributed by atoms with Crippen molar-refractivity contribution in [2.45, 2.75) is 20.0 Å². The van der Waals surface area contributed by atoms with Crippen LogP contribution in [-0.4, -0.2) is 20.9 Å². The number of nitrogens with zero attached hydrogens (tertiary/aromatic N) is 4. The molecule has 0 saturated carbocycles. The molecule has 5 heteroatoms. The van der Waals surface area contributed by atoms with Gasteiger partial charge in [-0.25, -0.2) is 4.68 Å². The lowest BCUT2D eigenvalue weighted by Crippen LogP contribution is -2.34. The zero-order valence-electron chi connectivity index (χ0n) is 13.0. The number of rotatable bonds is 5. The molecule has 116 valence electrons. The molecule has 0 spiro atoms. The number of carbonyl (C=O) groups excluding carboxylic acids is 1. The minimum absolute atomic E-state index is 0.0198. The number of anilines is 1. The average Bonchev–Trinajstić information content (AvgIpc) is 2.99. The van der Waals surface area contributed by atoms with E-state index in [0.717, 1.165) is 16.9 Å². The van der Waals surface area contributed by atoms with Gasteiger partial charge in [-0.2, -0.15) is 0 Å². The maximum atomic E-state index is 12.8. The third kappa shape index (κ3) is 3.63. The molecule has 0 aliphatic heterocycles. The first kappa shape index (κ1) is 15.0. The monoisotopic (exact) mass is 306 g/mol. The van der Waals surface area contributed by atoms with Crippen molar-refractivity contribution in [2.24, 2.45) is 0 Å². The number of aromatic nitrogens is 3. The molecule has 0 bridgehead atoms. The van der Waals surface area contributed by atoms with Gasteiger partial charge in [-0.1, -0.05) is 53.7 Å². The Balaban J connectivity index is 1.85. The van der Waals surface area contributed by atoms with E-state index in [1.165, 1.54) is 0 Å². The molecule has 0 atom stereocenters. The summed E-state index contributed by atoms with van der Waals surface area (Å²) in [7, 11) is 0. The van der Waals surface area contributed by atoms with E-state index < -0.39 is 0 Å². The summed E-state index contributed by atoms with van der Waals surface area (Å²) in [6.07, 6.45) is 1.65. The van der Waals surface area contributed by atoms with E-state index >= 15 is 0 Å². The first-order chi connectivity index (χ1) is 11.2. The Morgan fingerprint density at radius 2 is 1.70 bits per heavy atom. The van der Waals surface area contributed by atoms with Crippen molar-refractivity contribution in [1.82, 2.24) is 15.0 Å². The summed E-state index contributed by atoms with van der Waals surface area (Å²) in [6.45, 7) is 2.59. The molecule has 3 aromatic rings. The summed E-state index contributed by atoms with van der Waals surface area (Å²) in [4.78, 5) is 14.6. The Labute approximate surface area is 135 Å². The minimum atomic E-state index is -0.0198. The van der Waals surface area contributed by atoms with Gasteiger partial charge in [-0.3, -0.25) is 4.79 Å². The maximum Gasteiger partial charge on any atom is 0.249 e. The molecule has 0 aliphatic rings. The normalized spacial score (nSPS) is 10.5. The minimum Gasteiger partial charge on any atom is -0.306 e. The van der Waals surface area contributed by atoms with Gasteiger partial charge in [0.1, 0.15) is 6.54 Å². The second-order valence-electron chi connectivity index (χ2n) is 5.33. The molecule has 5 nitrogen and oxygen atoms in total. The van der Waals surface area contributed by atoms with Crippen molar-refractivity contribution in [1.29, 1.82) is 0 Å². The van der Waals surface area contributed by atoms with Gasteiger partial charge in [0.05, 0.1) is 18.4 Å². The van der Waals surface area contributed by atoms with Crippen LogP contribution in [0.4, 0.5) is 5.69 Å². The smallest absolute Gasteiger partial charge is 0.249 e. The number of amides is 1. The number of hydrogen-bond acceptors (Lipinski definition) is 3. The lowest BCUT2D eigenvalue weighted by Gasteiger charge is -2.23. The van der Waals surface area contributed by atoms with Crippen molar-refractivity contribution >= 4 is 11.6 Å². The summed E-state index contributed by atoms with van der Waals surface area (Å²) < 4.78 is 1.61. The summed E-state index contributed by atoms with van der Waals surface area (Å²) in [5.74, 6) is -0.0198. The summed E-state index contributed by atoms with van der Waals surface area (Å²) in [5, 5.41) is 7.79. The zero-order valence-corrected chi connectivity index (χ0v) is 13.0. The van der Waals surface area contributed by atoms with Crippen LogP contribution in [0, 0.1) is 6.92 Å². The Kier molecular flexibility index (Phi) is 4.47. The van der Waals surface area contributed by atoms with Gasteiger partial charge < -0.3 is 4.90 Å². The standard InChI is InChI=1S/C18H18N4O/c1-15-12-19-20-22(15)14-18(23)21(17-10-6-3-7-11-17)13-16-8-4-2-5-9-16/h2-12H,13-14H2,1H3. The van der Waals surface area contributed by atoms with Crippen LogP contribution in [-0.2, 0) is 17.9 Å². The Morgan fingerprint density at radius 3 is 2.30 bits per heavy atom. The molecule has 1 amide bonds. The average molecular weight is 306 g/mol. The van der Waals surface area contributed by atoms with Gasteiger partial charge in [0, 0.05) is 5.69 Å².